The zero-order valence-electron chi connectivity index (χ0n) is 16.6. The molecular formula is C22H27N5. The molecule has 0 aliphatic rings. The van der Waals surface area contributed by atoms with E-state index in [4.69, 9.17) is 0 Å². The standard InChI is InChI=1S/C22H27N5/c1-22(2,3)16-6-8-17(9-7-16)24-20-14-15-23-21(26-20)25-18-10-12-19(13-11-18)27(4)5/h6-15H,1-5H3,(H2,23,24,25,26). The third-order valence-electron chi connectivity index (χ3n) is 4.32. The van der Waals surface area contributed by atoms with Crippen molar-refractivity contribution in [3.8, 4) is 0 Å². The molecule has 0 bridgehead atoms. The molecule has 2 aromatic carbocycles. The molecule has 0 saturated heterocycles. The predicted octanol–water partition coefficient (Wildman–Crippen LogP) is 5.33. The largest absolute Gasteiger partial charge is 0.378 e. The van der Waals surface area contributed by atoms with Gasteiger partial charge in [-0.1, -0.05) is 32.9 Å². The van der Waals surface area contributed by atoms with Gasteiger partial charge in [0.05, 0.1) is 0 Å². The monoisotopic (exact) mass is 361 g/mol. The average Bonchev–Trinajstić information content (AvgIpc) is 2.62. The number of hydrogen-bond acceptors (Lipinski definition) is 5. The molecule has 0 aliphatic heterocycles. The summed E-state index contributed by atoms with van der Waals surface area (Å²) in [6.45, 7) is 6.63. The topological polar surface area (TPSA) is 53.1 Å². The molecule has 1 aromatic heterocycles. The molecule has 0 spiro atoms. The first-order valence-electron chi connectivity index (χ1n) is 9.06. The molecule has 0 radical (unpaired) electrons. The number of aromatic nitrogens is 2. The van der Waals surface area contributed by atoms with E-state index in [1.807, 2.05) is 32.3 Å². The van der Waals surface area contributed by atoms with E-state index in [0.29, 0.717) is 5.95 Å². The van der Waals surface area contributed by atoms with Crippen molar-refractivity contribution in [2.75, 3.05) is 29.6 Å². The lowest BCUT2D eigenvalue weighted by Gasteiger charge is -2.19. The van der Waals surface area contributed by atoms with Crippen molar-refractivity contribution in [2.45, 2.75) is 26.2 Å². The predicted molar refractivity (Wildman–Crippen MR) is 115 cm³/mol. The van der Waals surface area contributed by atoms with Crippen molar-refractivity contribution in [2.24, 2.45) is 0 Å². The Bertz CT molecular complexity index is 878. The summed E-state index contributed by atoms with van der Waals surface area (Å²) in [4.78, 5) is 10.9. The highest BCUT2D eigenvalue weighted by Crippen LogP contribution is 2.25. The molecule has 2 N–H and O–H groups in total. The normalized spacial score (nSPS) is 11.1. The van der Waals surface area contributed by atoms with Crippen molar-refractivity contribution < 1.29 is 0 Å². The van der Waals surface area contributed by atoms with Crippen molar-refractivity contribution in [3.63, 3.8) is 0 Å². The zero-order chi connectivity index (χ0) is 19.4. The highest BCUT2D eigenvalue weighted by Gasteiger charge is 2.12. The maximum Gasteiger partial charge on any atom is 0.229 e. The second kappa shape index (κ2) is 7.66. The highest BCUT2D eigenvalue weighted by molar-refractivity contribution is 5.61. The lowest BCUT2D eigenvalue weighted by atomic mass is 9.87. The van der Waals surface area contributed by atoms with Gasteiger partial charge in [0.1, 0.15) is 5.82 Å². The minimum atomic E-state index is 0.146. The molecule has 0 atom stereocenters. The summed E-state index contributed by atoms with van der Waals surface area (Å²) >= 11 is 0. The smallest absolute Gasteiger partial charge is 0.229 e. The Morgan fingerprint density at radius 1 is 0.778 bits per heavy atom. The third-order valence-corrected chi connectivity index (χ3v) is 4.32. The second-order valence-corrected chi connectivity index (χ2v) is 7.78. The molecular weight excluding hydrogens is 334 g/mol. The van der Waals surface area contributed by atoms with Gasteiger partial charge in [-0.15, -0.1) is 0 Å². The molecule has 5 nitrogen and oxygen atoms in total. The van der Waals surface area contributed by atoms with Crippen LogP contribution in [0, 0.1) is 0 Å². The van der Waals surface area contributed by atoms with Gasteiger partial charge in [-0.05, 0) is 53.4 Å². The van der Waals surface area contributed by atoms with Crippen molar-refractivity contribution in [1.82, 2.24) is 9.97 Å². The SMILES string of the molecule is CN(C)c1ccc(Nc2nccc(Nc3ccc(C(C)(C)C)cc3)n2)cc1. The number of rotatable bonds is 5. The van der Waals surface area contributed by atoms with E-state index in [1.54, 1.807) is 6.20 Å². The lowest BCUT2D eigenvalue weighted by Crippen LogP contribution is -2.10. The lowest BCUT2D eigenvalue weighted by molar-refractivity contribution is 0.590. The van der Waals surface area contributed by atoms with E-state index in [1.165, 1.54) is 5.56 Å². The van der Waals surface area contributed by atoms with Crippen LogP contribution in [0.15, 0.2) is 60.8 Å². The molecule has 0 fully saturated rings. The van der Waals surface area contributed by atoms with Crippen LogP contribution in [0.25, 0.3) is 0 Å². The van der Waals surface area contributed by atoms with Gasteiger partial charge in [0, 0.05) is 37.4 Å². The highest BCUT2D eigenvalue weighted by atomic mass is 15.1. The third kappa shape index (κ3) is 4.97. The van der Waals surface area contributed by atoms with Crippen molar-refractivity contribution in [3.05, 3.63) is 66.4 Å². The van der Waals surface area contributed by atoms with Crippen LogP contribution in [-0.4, -0.2) is 24.1 Å². The fourth-order valence-electron chi connectivity index (χ4n) is 2.66. The van der Waals surface area contributed by atoms with Crippen LogP contribution in [0.3, 0.4) is 0 Å². The van der Waals surface area contributed by atoms with E-state index in [9.17, 15) is 0 Å². The summed E-state index contributed by atoms with van der Waals surface area (Å²) in [5.41, 5.74) is 4.55. The van der Waals surface area contributed by atoms with Gasteiger partial charge in [0.25, 0.3) is 0 Å². The summed E-state index contributed by atoms with van der Waals surface area (Å²) in [6.07, 6.45) is 1.75. The summed E-state index contributed by atoms with van der Waals surface area (Å²) in [5, 5.41) is 6.58. The quantitative estimate of drug-likeness (QED) is 0.643. The Morgan fingerprint density at radius 2 is 1.37 bits per heavy atom. The van der Waals surface area contributed by atoms with Gasteiger partial charge in [-0.2, -0.15) is 4.98 Å². The summed E-state index contributed by atoms with van der Waals surface area (Å²) in [5.74, 6) is 1.31. The molecule has 3 aromatic rings. The van der Waals surface area contributed by atoms with Crippen LogP contribution >= 0.6 is 0 Å². The van der Waals surface area contributed by atoms with Crippen molar-refractivity contribution >= 4 is 28.8 Å². The van der Waals surface area contributed by atoms with Gasteiger partial charge < -0.3 is 15.5 Å². The maximum atomic E-state index is 4.55. The Kier molecular flexibility index (Phi) is 5.31. The fraction of sp³-hybridized carbons (Fsp3) is 0.273. The average molecular weight is 361 g/mol. The van der Waals surface area contributed by atoms with Gasteiger partial charge in [-0.3, -0.25) is 0 Å². The van der Waals surface area contributed by atoms with Gasteiger partial charge in [0.15, 0.2) is 0 Å². The Hall–Kier alpha value is -3.08. The van der Waals surface area contributed by atoms with E-state index in [2.05, 4.69) is 82.7 Å². The molecule has 3 rings (SSSR count). The molecule has 0 saturated carbocycles. The number of nitrogens with one attached hydrogen (secondary N) is 2. The van der Waals surface area contributed by atoms with Crippen LogP contribution in [0.5, 0.6) is 0 Å². The summed E-state index contributed by atoms with van der Waals surface area (Å²) in [7, 11) is 4.05. The minimum Gasteiger partial charge on any atom is -0.378 e. The number of anilines is 5. The molecule has 0 amide bonds. The number of hydrogen-bond donors (Lipinski definition) is 2. The Balaban J connectivity index is 1.70. The van der Waals surface area contributed by atoms with Gasteiger partial charge in [0.2, 0.25) is 5.95 Å². The first-order valence-corrected chi connectivity index (χ1v) is 9.06. The van der Waals surface area contributed by atoms with Gasteiger partial charge in [-0.25, -0.2) is 4.98 Å². The van der Waals surface area contributed by atoms with Crippen LogP contribution in [0.1, 0.15) is 26.3 Å². The van der Waals surface area contributed by atoms with E-state index in [-0.39, 0.29) is 5.41 Å². The molecule has 0 unspecified atom stereocenters. The fourth-order valence-corrected chi connectivity index (χ4v) is 2.66. The van der Waals surface area contributed by atoms with E-state index >= 15 is 0 Å². The van der Waals surface area contributed by atoms with Gasteiger partial charge >= 0.3 is 0 Å². The first kappa shape index (κ1) is 18.7. The first-order chi connectivity index (χ1) is 12.8. The summed E-state index contributed by atoms with van der Waals surface area (Å²) < 4.78 is 0. The molecule has 1 heterocycles. The Morgan fingerprint density at radius 3 is 1.96 bits per heavy atom. The molecule has 27 heavy (non-hydrogen) atoms. The molecule has 0 aliphatic carbocycles. The maximum absolute atomic E-state index is 4.55. The summed E-state index contributed by atoms with van der Waals surface area (Å²) in [6, 6.07) is 18.5. The van der Waals surface area contributed by atoms with Crippen LogP contribution in [-0.2, 0) is 5.41 Å². The second-order valence-electron chi connectivity index (χ2n) is 7.78. The Labute approximate surface area is 161 Å². The van der Waals surface area contributed by atoms with Crippen molar-refractivity contribution in [1.29, 1.82) is 0 Å². The van der Waals surface area contributed by atoms with E-state index in [0.717, 1.165) is 22.9 Å². The zero-order valence-corrected chi connectivity index (χ0v) is 16.6. The van der Waals surface area contributed by atoms with Crippen LogP contribution < -0.4 is 15.5 Å². The molecule has 5 heteroatoms. The van der Waals surface area contributed by atoms with Crippen LogP contribution in [0.2, 0.25) is 0 Å². The minimum absolute atomic E-state index is 0.146. The molecule has 140 valence electrons. The van der Waals surface area contributed by atoms with E-state index < -0.39 is 0 Å². The number of benzene rings is 2. The number of nitrogens with zero attached hydrogens (tertiary/aromatic N) is 3. The van der Waals surface area contributed by atoms with Crippen LogP contribution in [0.4, 0.5) is 28.8 Å².